The first-order valence-corrected chi connectivity index (χ1v) is 77.5. The van der Waals surface area contributed by atoms with Crippen molar-refractivity contribution in [1.82, 2.24) is 0 Å². The fourth-order valence-electron chi connectivity index (χ4n) is 15.4. The molecule has 0 N–H and O–H groups in total. The van der Waals surface area contributed by atoms with Crippen LogP contribution in [0.1, 0.15) is 67.9 Å². The third-order valence-electron chi connectivity index (χ3n) is 21.2. The topological polar surface area (TPSA) is 0 Å². The van der Waals surface area contributed by atoms with E-state index in [2.05, 4.69) is 528 Å². The molecule has 5 unspecified atom stereocenters. The molecule has 20 aromatic rings. The second-order valence-electron chi connectivity index (χ2n) is 34.3. The molecule has 0 nitrogen and oxygen atoms in total. The summed E-state index contributed by atoms with van der Waals surface area (Å²) in [5, 5.41) is 8.90. The van der Waals surface area contributed by atoms with Crippen LogP contribution in [0.2, 0.25) is 32.0 Å². The third-order valence-corrected chi connectivity index (χ3v) is 65.3. The molecule has 3 aromatic heterocycles. The van der Waals surface area contributed by atoms with Gasteiger partial charge in [0.1, 0.15) is 0 Å². The predicted octanol–water partition coefficient (Wildman–Crippen LogP) is 23.3. The Morgan fingerprint density at radius 2 is 0.460 bits per heavy atom. The molecule has 0 fully saturated rings. The van der Waals surface area contributed by atoms with E-state index in [9.17, 15) is 0 Å². The standard InChI is InChI=1S/C24H17SeTe.C22H21SeTe.C22H23SeTe.C20H17SeTe.C17H21SeTe.C14H15SeTe.6CH3/c1-3-9-18(10-4-1)25-23-14-8-7-13-21(23)22-17-20(15-16-24(22)25)26-19-11-5-2-6-12-19;1-22(2,3)24-17-13-14-21-19(15-17)18-11-7-8-12-20(18)23(21)16-9-5-4-6-10-16;1-22(2,3)24-21-16-14-20(15-17-21)23(18-10-6-4-7-11-18)19-12-8-5-9-13-19;1-14-6-5-7-15(12-14)21-19-9-4-3-8-17(19)18-13-16(22-2)10-11-20(18)21;1-17(2,3)19-16-12-10-15(11-13-16)18(4)14-8-6-5-7-9-14;1-15(12-6-4-3-5-7-12)13-8-10-14(16-2)11-9-13;;;;;;/h1-17H;4-15H,1-3H3;4-17H,1-3H3;3-13H,1-2H3;5-13H,1-4H3;3-11H,1-2H3;6*1H3/q6*+1;6*-1. The first-order valence-electron chi connectivity index (χ1n) is 44.0. The molecule has 3 heterocycles. The van der Waals surface area contributed by atoms with Gasteiger partial charge in [-0.1, -0.05) is 0 Å². The number of rotatable bonds is 17. The maximum atomic E-state index is 2.51. The Hall–Kier alpha value is -5.41. The van der Waals surface area contributed by atoms with Crippen LogP contribution in [0.25, 0.3) is 71.3 Å². The number of benzene rings is 17. The minimum absolute atomic E-state index is 0. The fourth-order valence-corrected chi connectivity index (χ4v) is 54.1. The van der Waals surface area contributed by atoms with Gasteiger partial charge in [0.2, 0.25) is 0 Å². The molecule has 0 aliphatic rings. The third kappa shape index (κ3) is 31.6. The molecule has 137 heavy (non-hydrogen) atoms. The zero-order valence-electron chi connectivity index (χ0n) is 83.0. The van der Waals surface area contributed by atoms with Crippen molar-refractivity contribution in [3.8, 4) is 13.4 Å². The van der Waals surface area contributed by atoms with E-state index in [4.69, 9.17) is 0 Å². The minimum atomic E-state index is -1.20. The second-order valence-corrected chi connectivity index (χ2v) is 83.7. The molecule has 12 heteroatoms. The average Bonchev–Trinajstić information content (AvgIpc) is 1.61. The summed E-state index contributed by atoms with van der Waals surface area (Å²) in [4.78, 5) is 4.69. The Balaban J connectivity index is 0.000000184. The van der Waals surface area contributed by atoms with E-state index >= 15 is 0 Å². The van der Waals surface area contributed by atoms with Crippen molar-refractivity contribution in [3.05, 3.63) is 487 Å². The van der Waals surface area contributed by atoms with Crippen molar-refractivity contribution in [1.29, 1.82) is 0 Å². The van der Waals surface area contributed by atoms with Crippen molar-refractivity contribution in [3.63, 3.8) is 0 Å². The average molecular weight is 2870 g/mol. The summed E-state index contributed by atoms with van der Waals surface area (Å²) in [5.74, 6) is 4.80. The van der Waals surface area contributed by atoms with Crippen molar-refractivity contribution >= 4 is 322 Å². The number of aryl methyl sites for hydroxylation is 1. The maximum absolute atomic E-state index is 2.51. The summed E-state index contributed by atoms with van der Waals surface area (Å²) < 4.78 is 36.9. The molecule has 0 spiro atoms. The fraction of sp³-hybridized carbons (Fsp3) is 0.136. The van der Waals surface area contributed by atoms with E-state index in [0.717, 1.165) is 0 Å². The molecular weight excluding hydrogens is 2740 g/mol. The van der Waals surface area contributed by atoms with E-state index in [0.29, 0.717) is 10.4 Å². The van der Waals surface area contributed by atoms with Gasteiger partial charge in [0.25, 0.3) is 0 Å². The zero-order chi connectivity index (χ0) is 91.4. The molecule has 20 rings (SSSR count). The van der Waals surface area contributed by atoms with E-state index in [1.54, 1.807) is 43.6 Å². The Labute approximate surface area is 910 Å². The normalized spacial score (nSPS) is 11.8. The van der Waals surface area contributed by atoms with Crippen LogP contribution in [-0.2, 0) is 0 Å². The van der Waals surface area contributed by atoms with Gasteiger partial charge in [-0.15, -0.1) is 0 Å². The Bertz CT molecular complexity index is 7010. The summed E-state index contributed by atoms with van der Waals surface area (Å²) >= 11 is -6.89. The summed E-state index contributed by atoms with van der Waals surface area (Å²) in [5.41, 5.74) is 1.37. The van der Waals surface area contributed by atoms with E-state index in [1.165, 1.54) is 89.7 Å². The molecule has 0 amide bonds. The van der Waals surface area contributed by atoms with Crippen molar-refractivity contribution < 1.29 is 0 Å². The Morgan fingerprint density at radius 3 is 0.825 bits per heavy atom. The molecule has 0 radical (unpaired) electrons. The SMILES string of the molecule is CC(C)(C)[Te]c1ccc([Se+](c2ccccc2)c2ccccc2)cc1.CC(C)(C)[Te]c1ccc2c(c1)c1ccccc1[se+]2-c1ccccc1.C[Se+](c1ccccc1)c1ccc([Te]C(C)(C)C)cc1.C[Te]c1ccc([Se+](C)c2ccccc2)cc1.C[Te]c1ccc2c(c1)c1ccccc1[se+]2-c1cccc(C)c1.[CH3-].[CH3-].[CH3-].[CH3-].[CH3-].[CH3-].c1ccc([Te]c2ccc3c(c2)c2ccccc2[se+]3-c2ccccc2)cc1. The Kier molecular flexibility index (Phi) is 46.8. The van der Waals surface area contributed by atoms with E-state index in [-0.39, 0.29) is 170 Å². The van der Waals surface area contributed by atoms with E-state index in [1.807, 2.05) is 0 Å². The first kappa shape index (κ1) is 115. The van der Waals surface area contributed by atoms with Gasteiger partial charge in [0.15, 0.2) is 0 Å². The zero-order valence-corrected chi connectivity index (χ0v) is 107. The molecule has 0 aliphatic heterocycles. The molecular formula is C125H132Se6Te6. The predicted molar refractivity (Wildman–Crippen MR) is 637 cm³/mol. The monoisotopic (exact) mass is 2890 g/mol. The summed E-state index contributed by atoms with van der Waals surface area (Å²) in [7, 11) is 0. The van der Waals surface area contributed by atoms with Gasteiger partial charge in [0, 0.05) is 0 Å². The van der Waals surface area contributed by atoms with Gasteiger partial charge in [-0.3, -0.25) is 0 Å². The molecule has 0 saturated heterocycles. The first-order chi connectivity index (χ1) is 63.5. The van der Waals surface area contributed by atoms with Gasteiger partial charge < -0.3 is 44.6 Å². The Morgan fingerprint density at radius 1 is 0.204 bits per heavy atom. The van der Waals surface area contributed by atoms with Crippen LogP contribution >= 0.6 is 0 Å². The van der Waals surface area contributed by atoms with Crippen LogP contribution in [0.5, 0.6) is 0 Å². The van der Waals surface area contributed by atoms with Crippen LogP contribution in [-0.4, -0.2) is 208 Å². The van der Waals surface area contributed by atoms with Gasteiger partial charge >= 0.3 is 879 Å². The molecule has 5 atom stereocenters. The second kappa shape index (κ2) is 55.6. The molecule has 17 aromatic carbocycles. The summed E-state index contributed by atoms with van der Waals surface area (Å²) in [6.45, 7) is 23.4. The van der Waals surface area contributed by atoms with Gasteiger partial charge in [-0.25, -0.2) is 0 Å². The summed E-state index contributed by atoms with van der Waals surface area (Å²) in [6, 6.07) is 163. The number of hydrogen-bond donors (Lipinski definition) is 0. The van der Waals surface area contributed by atoms with Crippen LogP contribution < -0.4 is 56.5 Å². The van der Waals surface area contributed by atoms with Crippen molar-refractivity contribution in [2.45, 2.75) is 101 Å². The van der Waals surface area contributed by atoms with Gasteiger partial charge in [-0.2, -0.15) is 0 Å². The van der Waals surface area contributed by atoms with Crippen LogP contribution in [0, 0.1) is 51.5 Å². The molecule has 0 bridgehead atoms. The van der Waals surface area contributed by atoms with Gasteiger partial charge in [0.05, 0.1) is 0 Å². The molecule has 0 saturated carbocycles. The number of fused-ring (bicyclic) bond motifs is 9. The van der Waals surface area contributed by atoms with Gasteiger partial charge in [-0.05, 0) is 0 Å². The van der Waals surface area contributed by atoms with Crippen molar-refractivity contribution in [2.24, 2.45) is 0 Å². The van der Waals surface area contributed by atoms with Crippen LogP contribution in [0.3, 0.4) is 0 Å². The summed E-state index contributed by atoms with van der Waals surface area (Å²) in [6.07, 6.45) is 0. The van der Waals surface area contributed by atoms with E-state index < -0.39 is 82.0 Å². The number of hydrogen-bond acceptors (Lipinski definition) is 0. The van der Waals surface area contributed by atoms with Crippen LogP contribution in [0.4, 0.5) is 0 Å². The quantitative estimate of drug-likeness (QED) is 0.0630. The van der Waals surface area contributed by atoms with Crippen LogP contribution in [0.15, 0.2) is 437 Å². The molecule has 0 aliphatic carbocycles. The molecule has 704 valence electrons. The van der Waals surface area contributed by atoms with Crippen molar-refractivity contribution in [2.75, 3.05) is 0 Å².